The van der Waals surface area contributed by atoms with E-state index in [-0.39, 0.29) is 25.0 Å². The van der Waals surface area contributed by atoms with Gasteiger partial charge in [-0.25, -0.2) is 0 Å². The van der Waals surface area contributed by atoms with E-state index in [9.17, 15) is 9.59 Å². The minimum Gasteiger partial charge on any atom is -0.493 e. The zero-order valence-corrected chi connectivity index (χ0v) is 18.1. The second kappa shape index (κ2) is 11.4. The number of rotatable bonds is 10. The van der Waals surface area contributed by atoms with Crippen molar-refractivity contribution in [1.82, 2.24) is 0 Å². The lowest BCUT2D eigenvalue weighted by atomic mass is 10.2. The van der Waals surface area contributed by atoms with Crippen LogP contribution in [0.5, 0.6) is 17.2 Å². The number of hydrogen-bond donors (Lipinski definition) is 2. The Kier molecular flexibility index (Phi) is 8.09. The van der Waals surface area contributed by atoms with E-state index in [1.165, 1.54) is 12.7 Å². The highest BCUT2D eigenvalue weighted by Gasteiger charge is 2.09. The van der Waals surface area contributed by atoms with E-state index in [4.69, 9.17) is 14.2 Å². The van der Waals surface area contributed by atoms with E-state index >= 15 is 0 Å². The molecular weight excluding hydrogens is 408 g/mol. The van der Waals surface area contributed by atoms with Gasteiger partial charge in [0.05, 0.1) is 7.11 Å². The standard InChI is InChI=1S/C25H26N2O5/c1-3-18-11-13-21(14-12-18)31-16-24(28)26-19-7-6-8-20(15-19)27-25(29)17-32-23-10-5-4-9-22(23)30-2/h4-15H,3,16-17H2,1-2H3,(H,26,28)(H,27,29). The van der Waals surface area contributed by atoms with Gasteiger partial charge < -0.3 is 24.8 Å². The van der Waals surface area contributed by atoms with Gasteiger partial charge >= 0.3 is 0 Å². The summed E-state index contributed by atoms with van der Waals surface area (Å²) < 4.78 is 16.2. The average Bonchev–Trinajstić information content (AvgIpc) is 2.82. The monoisotopic (exact) mass is 434 g/mol. The van der Waals surface area contributed by atoms with Crippen molar-refractivity contribution in [2.75, 3.05) is 31.0 Å². The summed E-state index contributed by atoms with van der Waals surface area (Å²) in [5, 5.41) is 5.50. The van der Waals surface area contributed by atoms with E-state index in [1.54, 1.807) is 42.5 Å². The summed E-state index contributed by atoms with van der Waals surface area (Å²) in [4.78, 5) is 24.4. The fraction of sp³-hybridized carbons (Fsp3) is 0.200. The zero-order chi connectivity index (χ0) is 22.8. The highest BCUT2D eigenvalue weighted by atomic mass is 16.5. The van der Waals surface area contributed by atoms with Crippen LogP contribution in [0.25, 0.3) is 0 Å². The van der Waals surface area contributed by atoms with E-state index in [2.05, 4.69) is 17.6 Å². The third-order valence-electron chi connectivity index (χ3n) is 4.56. The van der Waals surface area contributed by atoms with Crippen molar-refractivity contribution >= 4 is 23.2 Å². The summed E-state index contributed by atoms with van der Waals surface area (Å²) in [7, 11) is 1.54. The summed E-state index contributed by atoms with van der Waals surface area (Å²) in [6, 6.07) is 21.6. The smallest absolute Gasteiger partial charge is 0.262 e. The Morgan fingerprint density at radius 2 is 1.34 bits per heavy atom. The van der Waals surface area contributed by atoms with Crippen molar-refractivity contribution in [3.8, 4) is 17.2 Å². The minimum atomic E-state index is -0.335. The molecule has 0 fully saturated rings. The number of carbonyl (C=O) groups excluding carboxylic acids is 2. The molecule has 0 aliphatic carbocycles. The Labute approximate surface area is 187 Å². The number of methoxy groups -OCH3 is 1. The maximum Gasteiger partial charge on any atom is 0.262 e. The van der Waals surface area contributed by atoms with Gasteiger partial charge in [-0.3, -0.25) is 9.59 Å². The Bertz CT molecular complexity index is 1050. The van der Waals surface area contributed by atoms with Crippen LogP contribution in [0.3, 0.4) is 0 Å². The zero-order valence-electron chi connectivity index (χ0n) is 18.1. The second-order valence-electron chi connectivity index (χ2n) is 6.90. The molecule has 0 atom stereocenters. The van der Waals surface area contributed by atoms with Crippen LogP contribution in [-0.2, 0) is 16.0 Å². The average molecular weight is 434 g/mol. The Balaban J connectivity index is 1.48. The van der Waals surface area contributed by atoms with Crippen LogP contribution in [0.2, 0.25) is 0 Å². The van der Waals surface area contributed by atoms with Crippen LogP contribution in [0.4, 0.5) is 11.4 Å². The molecule has 0 spiro atoms. The van der Waals surface area contributed by atoms with Gasteiger partial charge in [-0.15, -0.1) is 0 Å². The van der Waals surface area contributed by atoms with Gasteiger partial charge in [0.25, 0.3) is 11.8 Å². The molecule has 0 unspecified atom stereocenters. The Hall–Kier alpha value is -4.00. The highest BCUT2D eigenvalue weighted by molar-refractivity contribution is 5.95. The molecule has 0 radical (unpaired) electrons. The summed E-state index contributed by atoms with van der Waals surface area (Å²) in [6.45, 7) is 1.78. The van der Waals surface area contributed by atoms with Crippen molar-refractivity contribution in [2.45, 2.75) is 13.3 Å². The van der Waals surface area contributed by atoms with Crippen LogP contribution >= 0.6 is 0 Å². The summed E-state index contributed by atoms with van der Waals surface area (Å²) >= 11 is 0. The first-order valence-corrected chi connectivity index (χ1v) is 10.2. The molecule has 2 amide bonds. The van der Waals surface area contributed by atoms with Crippen LogP contribution < -0.4 is 24.8 Å². The molecule has 0 aromatic heterocycles. The third kappa shape index (κ3) is 6.77. The predicted octanol–water partition coefficient (Wildman–Crippen LogP) is 4.29. The molecule has 0 aliphatic heterocycles. The van der Waals surface area contributed by atoms with E-state index < -0.39 is 0 Å². The van der Waals surface area contributed by atoms with Gasteiger partial charge in [0.2, 0.25) is 0 Å². The van der Waals surface area contributed by atoms with Crippen molar-refractivity contribution in [2.24, 2.45) is 0 Å². The molecule has 0 saturated carbocycles. The highest BCUT2D eigenvalue weighted by Crippen LogP contribution is 2.25. The number of aryl methyl sites for hydroxylation is 1. The largest absolute Gasteiger partial charge is 0.493 e. The maximum absolute atomic E-state index is 12.2. The summed E-state index contributed by atoms with van der Waals surface area (Å²) in [5.74, 6) is 1.03. The molecule has 166 valence electrons. The predicted molar refractivity (Wildman–Crippen MR) is 124 cm³/mol. The first kappa shape index (κ1) is 22.7. The number of hydrogen-bond acceptors (Lipinski definition) is 5. The normalized spacial score (nSPS) is 10.2. The van der Waals surface area contributed by atoms with Gasteiger partial charge in [0.15, 0.2) is 24.7 Å². The number of amides is 2. The lowest BCUT2D eigenvalue weighted by Crippen LogP contribution is -2.21. The quantitative estimate of drug-likeness (QED) is 0.497. The van der Waals surface area contributed by atoms with Crippen LogP contribution in [0.1, 0.15) is 12.5 Å². The molecule has 0 saturated heterocycles. The van der Waals surface area contributed by atoms with Gasteiger partial charge in [0, 0.05) is 11.4 Å². The molecule has 2 N–H and O–H groups in total. The molecule has 0 heterocycles. The van der Waals surface area contributed by atoms with Crippen molar-refractivity contribution < 1.29 is 23.8 Å². The lowest BCUT2D eigenvalue weighted by molar-refractivity contribution is -0.118. The van der Waals surface area contributed by atoms with Gasteiger partial charge in [-0.1, -0.05) is 37.3 Å². The lowest BCUT2D eigenvalue weighted by Gasteiger charge is -2.12. The van der Waals surface area contributed by atoms with Gasteiger partial charge in [-0.05, 0) is 54.4 Å². The summed E-state index contributed by atoms with van der Waals surface area (Å²) in [6.07, 6.45) is 0.945. The van der Waals surface area contributed by atoms with Crippen LogP contribution in [-0.4, -0.2) is 32.1 Å². The molecule has 3 aromatic carbocycles. The molecular formula is C25H26N2O5. The SMILES string of the molecule is CCc1ccc(OCC(=O)Nc2cccc(NC(=O)COc3ccccc3OC)c2)cc1. The first-order valence-electron chi connectivity index (χ1n) is 10.2. The maximum atomic E-state index is 12.2. The summed E-state index contributed by atoms with van der Waals surface area (Å²) in [5.41, 5.74) is 2.28. The number of ether oxygens (including phenoxy) is 3. The van der Waals surface area contributed by atoms with Gasteiger partial charge in [0.1, 0.15) is 5.75 Å². The fourth-order valence-corrected chi connectivity index (χ4v) is 2.92. The van der Waals surface area contributed by atoms with Crippen LogP contribution in [0.15, 0.2) is 72.8 Å². The second-order valence-corrected chi connectivity index (χ2v) is 6.90. The molecule has 32 heavy (non-hydrogen) atoms. The topological polar surface area (TPSA) is 85.9 Å². The number of nitrogens with one attached hydrogen (secondary N) is 2. The molecule has 0 aliphatic rings. The van der Waals surface area contributed by atoms with Crippen LogP contribution in [0, 0.1) is 0 Å². The minimum absolute atomic E-state index is 0.116. The van der Waals surface area contributed by atoms with Crippen molar-refractivity contribution in [3.05, 3.63) is 78.4 Å². The molecule has 7 nitrogen and oxygen atoms in total. The molecule has 3 aromatic rings. The van der Waals surface area contributed by atoms with E-state index in [1.807, 2.05) is 30.3 Å². The molecule has 7 heteroatoms. The number of anilines is 2. The van der Waals surface area contributed by atoms with Crippen molar-refractivity contribution in [1.29, 1.82) is 0 Å². The van der Waals surface area contributed by atoms with E-state index in [0.717, 1.165) is 6.42 Å². The Morgan fingerprint density at radius 1 is 0.750 bits per heavy atom. The number of para-hydroxylation sites is 2. The van der Waals surface area contributed by atoms with Crippen molar-refractivity contribution in [3.63, 3.8) is 0 Å². The number of benzene rings is 3. The first-order chi connectivity index (χ1) is 15.6. The Morgan fingerprint density at radius 3 is 1.94 bits per heavy atom. The fourth-order valence-electron chi connectivity index (χ4n) is 2.92. The van der Waals surface area contributed by atoms with Gasteiger partial charge in [-0.2, -0.15) is 0 Å². The molecule has 3 rings (SSSR count). The third-order valence-corrected chi connectivity index (χ3v) is 4.56. The number of carbonyl (C=O) groups is 2. The molecule has 0 bridgehead atoms. The van der Waals surface area contributed by atoms with E-state index in [0.29, 0.717) is 28.6 Å².